The van der Waals surface area contributed by atoms with E-state index in [1.54, 1.807) is 0 Å². The van der Waals surface area contributed by atoms with E-state index in [1.807, 2.05) is 0 Å². The highest BCUT2D eigenvalue weighted by Gasteiger charge is 2.04. The van der Waals surface area contributed by atoms with Crippen LogP contribution in [0.15, 0.2) is 0 Å². The summed E-state index contributed by atoms with van der Waals surface area (Å²) in [5, 5.41) is 10.3. The highest BCUT2D eigenvalue weighted by molar-refractivity contribution is 4.62. The van der Waals surface area contributed by atoms with Crippen molar-refractivity contribution in [2.45, 2.75) is 39.0 Å². The zero-order valence-corrected chi connectivity index (χ0v) is 8.47. The van der Waals surface area contributed by atoms with Gasteiger partial charge in [-0.25, -0.2) is 0 Å². The molecule has 0 amide bonds. The minimum Gasteiger partial charge on any atom is -0.400 e. The molecule has 0 atom stereocenters. The van der Waals surface area contributed by atoms with Crippen LogP contribution in [-0.4, -0.2) is 25.3 Å². The molecule has 0 aromatic carbocycles. The molecule has 0 aromatic heterocycles. The molecular weight excluding hydrogens is 150 g/mol. The molecule has 0 unspecified atom stereocenters. The van der Waals surface area contributed by atoms with Gasteiger partial charge in [-0.2, -0.15) is 0 Å². The maximum atomic E-state index is 7.00. The largest absolute Gasteiger partial charge is 0.400 e. The minimum atomic E-state index is 0.973. The summed E-state index contributed by atoms with van der Waals surface area (Å²) in [5.74, 6) is 0.973. The Morgan fingerprint density at radius 2 is 1.42 bits per heavy atom. The van der Waals surface area contributed by atoms with Gasteiger partial charge in [-0.15, -0.1) is 0 Å². The first-order chi connectivity index (χ1) is 5.89. The van der Waals surface area contributed by atoms with E-state index < -0.39 is 0 Å². The van der Waals surface area contributed by atoms with Gasteiger partial charge in [0.2, 0.25) is 0 Å². The van der Waals surface area contributed by atoms with Crippen molar-refractivity contribution in [1.82, 2.24) is 5.32 Å². The van der Waals surface area contributed by atoms with Crippen molar-refractivity contribution in [3.8, 4) is 0 Å². The molecule has 2 fully saturated rings. The topological polar surface area (TPSA) is 32.3 Å². The van der Waals surface area contributed by atoms with Gasteiger partial charge in [0.15, 0.2) is 0 Å². The van der Waals surface area contributed by atoms with Crippen molar-refractivity contribution in [2.75, 3.05) is 20.2 Å². The maximum Gasteiger partial charge on any atom is 0.0319 e. The summed E-state index contributed by atoms with van der Waals surface area (Å²) in [7, 11) is 1.00. The van der Waals surface area contributed by atoms with Crippen molar-refractivity contribution in [3.05, 3.63) is 0 Å². The summed E-state index contributed by atoms with van der Waals surface area (Å²) >= 11 is 0. The molecule has 2 aliphatic rings. The standard InChI is InChI=1S/C6H13N.C3H6.CH4O/c1-6-2-4-7-5-3-6;1-2-3-1;1-2/h6-7H,2-5H2,1H3;1-3H2;2H,1H3. The Morgan fingerprint density at radius 1 is 1.00 bits per heavy atom. The second kappa shape index (κ2) is 9.01. The third kappa shape index (κ3) is 9.92. The molecule has 12 heavy (non-hydrogen) atoms. The van der Waals surface area contributed by atoms with E-state index in [0.29, 0.717) is 0 Å². The van der Waals surface area contributed by atoms with Gasteiger partial charge in [-0.05, 0) is 31.8 Å². The molecule has 1 saturated heterocycles. The SMILES string of the molecule is C1CC1.CC1CCNCC1.CO. The fourth-order valence-corrected chi connectivity index (χ4v) is 0.966. The highest BCUT2D eigenvalue weighted by Crippen LogP contribution is 2.14. The number of rotatable bonds is 0. The molecule has 0 spiro atoms. The molecule has 2 N–H and O–H groups in total. The lowest BCUT2D eigenvalue weighted by atomic mass is 10.0. The average molecular weight is 173 g/mol. The van der Waals surface area contributed by atoms with Crippen molar-refractivity contribution in [2.24, 2.45) is 5.92 Å². The number of hydrogen-bond donors (Lipinski definition) is 2. The first kappa shape index (κ1) is 11.9. The lowest BCUT2D eigenvalue weighted by molar-refractivity contribution is 0.399. The molecule has 0 radical (unpaired) electrons. The molecule has 74 valence electrons. The van der Waals surface area contributed by atoms with Crippen LogP contribution in [0.25, 0.3) is 0 Å². The fraction of sp³-hybridized carbons (Fsp3) is 1.00. The van der Waals surface area contributed by atoms with E-state index in [2.05, 4.69) is 12.2 Å². The van der Waals surface area contributed by atoms with Crippen molar-refractivity contribution < 1.29 is 5.11 Å². The quantitative estimate of drug-likeness (QED) is 0.585. The maximum absolute atomic E-state index is 7.00. The summed E-state index contributed by atoms with van der Waals surface area (Å²) in [6, 6.07) is 0. The molecule has 2 heteroatoms. The van der Waals surface area contributed by atoms with Crippen molar-refractivity contribution in [3.63, 3.8) is 0 Å². The van der Waals surface area contributed by atoms with Crippen LogP contribution in [0, 0.1) is 5.92 Å². The van der Waals surface area contributed by atoms with E-state index in [1.165, 1.54) is 45.2 Å². The van der Waals surface area contributed by atoms with Crippen LogP contribution in [0.4, 0.5) is 0 Å². The monoisotopic (exact) mass is 173 g/mol. The summed E-state index contributed by atoms with van der Waals surface area (Å²) in [6.45, 7) is 4.79. The molecular formula is C10H23NO. The Bertz CT molecular complexity index is 75.2. The van der Waals surface area contributed by atoms with Crippen LogP contribution in [0.5, 0.6) is 0 Å². The molecule has 2 rings (SSSR count). The molecule has 1 heterocycles. The van der Waals surface area contributed by atoms with E-state index in [9.17, 15) is 0 Å². The van der Waals surface area contributed by atoms with Gasteiger partial charge < -0.3 is 10.4 Å². The average Bonchev–Trinajstić information content (AvgIpc) is 2.95. The Kier molecular flexibility index (Phi) is 8.95. The Labute approximate surface area is 76.4 Å². The summed E-state index contributed by atoms with van der Waals surface area (Å²) in [5.41, 5.74) is 0. The van der Waals surface area contributed by atoms with Gasteiger partial charge in [-0.1, -0.05) is 26.2 Å². The smallest absolute Gasteiger partial charge is 0.0319 e. The first-order valence-corrected chi connectivity index (χ1v) is 5.05. The lowest BCUT2D eigenvalue weighted by Gasteiger charge is -2.17. The van der Waals surface area contributed by atoms with Gasteiger partial charge in [0, 0.05) is 7.11 Å². The number of aliphatic hydroxyl groups is 1. The number of piperidine rings is 1. The van der Waals surface area contributed by atoms with Gasteiger partial charge in [-0.3, -0.25) is 0 Å². The zero-order valence-electron chi connectivity index (χ0n) is 8.47. The van der Waals surface area contributed by atoms with Crippen LogP contribution >= 0.6 is 0 Å². The van der Waals surface area contributed by atoms with Crippen LogP contribution in [0.3, 0.4) is 0 Å². The first-order valence-electron chi connectivity index (χ1n) is 5.05. The second-order valence-corrected chi connectivity index (χ2v) is 3.49. The molecule has 1 aliphatic carbocycles. The summed E-state index contributed by atoms with van der Waals surface area (Å²) < 4.78 is 0. The predicted octanol–water partition coefficient (Wildman–Crippen LogP) is 1.78. The van der Waals surface area contributed by atoms with Gasteiger partial charge in [0.1, 0.15) is 0 Å². The van der Waals surface area contributed by atoms with Gasteiger partial charge >= 0.3 is 0 Å². The van der Waals surface area contributed by atoms with Crippen LogP contribution in [0.2, 0.25) is 0 Å². The predicted molar refractivity (Wildman–Crippen MR) is 53.3 cm³/mol. The second-order valence-electron chi connectivity index (χ2n) is 3.49. The van der Waals surface area contributed by atoms with E-state index in [0.717, 1.165) is 13.0 Å². The van der Waals surface area contributed by atoms with Gasteiger partial charge in [0.05, 0.1) is 0 Å². The molecule has 0 bridgehead atoms. The van der Waals surface area contributed by atoms with E-state index in [4.69, 9.17) is 5.11 Å². The van der Waals surface area contributed by atoms with Crippen LogP contribution in [-0.2, 0) is 0 Å². The van der Waals surface area contributed by atoms with Gasteiger partial charge in [0.25, 0.3) is 0 Å². The highest BCUT2D eigenvalue weighted by atomic mass is 16.2. The third-order valence-corrected chi connectivity index (χ3v) is 1.98. The minimum absolute atomic E-state index is 0.973. The van der Waals surface area contributed by atoms with E-state index >= 15 is 0 Å². The van der Waals surface area contributed by atoms with Crippen molar-refractivity contribution >= 4 is 0 Å². The van der Waals surface area contributed by atoms with Crippen LogP contribution in [0.1, 0.15) is 39.0 Å². The zero-order chi connectivity index (χ0) is 9.23. The summed E-state index contributed by atoms with van der Waals surface area (Å²) in [6.07, 6.45) is 7.25. The Hall–Kier alpha value is -0.0800. The third-order valence-electron chi connectivity index (χ3n) is 1.98. The van der Waals surface area contributed by atoms with E-state index in [-0.39, 0.29) is 0 Å². The van der Waals surface area contributed by atoms with Crippen LogP contribution < -0.4 is 5.32 Å². The Balaban J connectivity index is 0.000000202. The van der Waals surface area contributed by atoms with Crippen molar-refractivity contribution in [1.29, 1.82) is 0 Å². The number of nitrogens with one attached hydrogen (secondary N) is 1. The Morgan fingerprint density at radius 3 is 1.58 bits per heavy atom. The lowest BCUT2D eigenvalue weighted by Crippen LogP contribution is -2.26. The number of aliphatic hydroxyl groups excluding tert-OH is 1. The summed E-state index contributed by atoms with van der Waals surface area (Å²) in [4.78, 5) is 0. The molecule has 0 aromatic rings. The normalized spacial score (nSPS) is 21.2. The molecule has 1 saturated carbocycles. The fourth-order valence-electron chi connectivity index (χ4n) is 0.966. The number of hydrogen-bond acceptors (Lipinski definition) is 2. The molecule has 2 nitrogen and oxygen atoms in total. The molecule has 1 aliphatic heterocycles.